The molecule has 1 N–H and O–H groups in total. The molecule has 1 unspecified atom stereocenters. The molecule has 1 aromatic rings. The molecule has 2 rings (SSSR count). The molecule has 144 valence electrons. The van der Waals surface area contributed by atoms with E-state index in [0.29, 0.717) is 17.8 Å². The third-order valence-electron chi connectivity index (χ3n) is 3.76. The van der Waals surface area contributed by atoms with E-state index in [1.54, 1.807) is 20.8 Å². The van der Waals surface area contributed by atoms with Gasteiger partial charge in [-0.25, -0.2) is 14.2 Å². The van der Waals surface area contributed by atoms with Crippen LogP contribution in [0.15, 0.2) is 6.07 Å². The molecule has 0 aliphatic carbocycles. The fraction of sp³-hybridized carbons (Fsp3) is 0.632. The lowest BCUT2D eigenvalue weighted by Crippen LogP contribution is -2.40. The van der Waals surface area contributed by atoms with E-state index in [0.717, 1.165) is 0 Å². The monoisotopic (exact) mass is 365 g/mol. The van der Waals surface area contributed by atoms with Gasteiger partial charge < -0.3 is 10.1 Å². The van der Waals surface area contributed by atoms with Gasteiger partial charge in [0.1, 0.15) is 5.60 Å². The van der Waals surface area contributed by atoms with E-state index < -0.39 is 17.5 Å². The Labute approximate surface area is 154 Å². The molecule has 0 fully saturated rings. The number of carbonyl (C=O) groups is 2. The highest BCUT2D eigenvalue weighted by Gasteiger charge is 2.36. The Morgan fingerprint density at radius 2 is 1.92 bits per heavy atom. The Morgan fingerprint density at radius 1 is 1.31 bits per heavy atom. The third-order valence-corrected chi connectivity index (χ3v) is 3.76. The smallest absolute Gasteiger partial charge is 0.415 e. The van der Waals surface area contributed by atoms with Crippen molar-refractivity contribution in [2.24, 2.45) is 5.41 Å². The van der Waals surface area contributed by atoms with Gasteiger partial charge in [-0.05, 0) is 33.1 Å². The summed E-state index contributed by atoms with van der Waals surface area (Å²) in [6.45, 7) is 13.0. The summed E-state index contributed by atoms with van der Waals surface area (Å²) in [7, 11) is 0. The normalized spacial score (nSPS) is 17.1. The number of aromatic nitrogens is 1. The van der Waals surface area contributed by atoms with E-state index >= 15 is 0 Å². The number of anilines is 2. The second kappa shape index (κ2) is 6.85. The Kier molecular flexibility index (Phi) is 5.31. The number of carbonyl (C=O) groups excluding carboxylic acids is 2. The van der Waals surface area contributed by atoms with Crippen LogP contribution in [0.2, 0.25) is 0 Å². The van der Waals surface area contributed by atoms with Crippen molar-refractivity contribution in [3.8, 4) is 0 Å². The molecule has 0 radical (unpaired) electrons. The van der Waals surface area contributed by atoms with Crippen molar-refractivity contribution in [1.29, 1.82) is 0 Å². The highest BCUT2D eigenvalue weighted by molar-refractivity contribution is 5.93. The molecule has 1 aliphatic rings. The fourth-order valence-electron chi connectivity index (χ4n) is 2.82. The van der Waals surface area contributed by atoms with Crippen molar-refractivity contribution >= 4 is 23.5 Å². The Hall–Kier alpha value is -2.18. The van der Waals surface area contributed by atoms with Crippen molar-refractivity contribution in [3.05, 3.63) is 17.6 Å². The molecular formula is C19H28FN3O3. The van der Waals surface area contributed by atoms with Gasteiger partial charge in [-0.3, -0.25) is 9.69 Å². The maximum absolute atomic E-state index is 14.5. The molecule has 26 heavy (non-hydrogen) atoms. The highest BCUT2D eigenvalue weighted by Crippen LogP contribution is 2.34. The average Bonchev–Trinajstić information content (AvgIpc) is 2.70. The molecule has 6 nitrogen and oxygen atoms in total. The lowest BCUT2D eigenvalue weighted by Gasteiger charge is -2.27. The first-order valence-electron chi connectivity index (χ1n) is 8.78. The van der Waals surface area contributed by atoms with Gasteiger partial charge in [-0.1, -0.05) is 20.8 Å². The summed E-state index contributed by atoms with van der Waals surface area (Å²) in [5.74, 6) is -1.07. The maximum atomic E-state index is 14.5. The van der Waals surface area contributed by atoms with E-state index in [1.807, 2.05) is 27.7 Å². The Bertz CT molecular complexity index is 720. The van der Waals surface area contributed by atoms with Gasteiger partial charge in [0.25, 0.3) is 0 Å². The van der Waals surface area contributed by atoms with Crippen LogP contribution >= 0.6 is 0 Å². The number of nitrogens with one attached hydrogen (secondary N) is 1. The predicted molar refractivity (Wildman–Crippen MR) is 98.8 cm³/mol. The summed E-state index contributed by atoms with van der Waals surface area (Å²) < 4.78 is 19.9. The molecule has 0 saturated carbocycles. The van der Waals surface area contributed by atoms with Gasteiger partial charge in [-0.15, -0.1) is 0 Å². The average molecular weight is 365 g/mol. The zero-order valence-corrected chi connectivity index (χ0v) is 16.6. The molecule has 2 amide bonds. The predicted octanol–water partition coefficient (Wildman–Crippen LogP) is 4.28. The quantitative estimate of drug-likeness (QED) is 0.849. The number of pyridine rings is 1. The summed E-state index contributed by atoms with van der Waals surface area (Å²) in [5.41, 5.74) is 0.0972. The molecule has 0 bridgehead atoms. The van der Waals surface area contributed by atoms with Crippen LogP contribution in [0.4, 0.5) is 20.7 Å². The molecule has 1 aromatic heterocycles. The minimum Gasteiger partial charge on any atom is -0.443 e. The van der Waals surface area contributed by atoms with Crippen LogP contribution in [0.3, 0.4) is 0 Å². The van der Waals surface area contributed by atoms with Crippen molar-refractivity contribution in [1.82, 2.24) is 4.98 Å². The molecular weight excluding hydrogens is 337 g/mol. The third kappa shape index (κ3) is 4.93. The second-order valence-corrected chi connectivity index (χ2v) is 8.97. The van der Waals surface area contributed by atoms with Crippen LogP contribution in [-0.4, -0.2) is 28.6 Å². The Balaban J connectivity index is 2.25. The maximum Gasteiger partial charge on any atom is 0.415 e. The molecule has 0 saturated heterocycles. The molecule has 7 heteroatoms. The minimum absolute atomic E-state index is 0.101. The van der Waals surface area contributed by atoms with E-state index in [4.69, 9.17) is 4.74 Å². The number of amides is 2. The molecule has 1 atom stereocenters. The van der Waals surface area contributed by atoms with Gasteiger partial charge in [0.15, 0.2) is 11.6 Å². The number of nitrogens with zero attached hydrogens (tertiary/aromatic N) is 2. The van der Waals surface area contributed by atoms with Gasteiger partial charge in [0, 0.05) is 24.9 Å². The van der Waals surface area contributed by atoms with Crippen LogP contribution < -0.4 is 10.2 Å². The number of halogens is 1. The first-order chi connectivity index (χ1) is 11.8. The van der Waals surface area contributed by atoms with Crippen molar-refractivity contribution in [3.63, 3.8) is 0 Å². The van der Waals surface area contributed by atoms with E-state index in [2.05, 4.69) is 10.3 Å². The molecule has 1 aliphatic heterocycles. The standard InChI is InChI=1S/C19H28FN3O3/c1-11-8-13-14(23(11)17(25)26-19(5,6)7)9-12(20)16(21-13)22-15(24)10-18(2,3)4/h9,11H,8,10H2,1-7H3,(H,21,22,24). The van der Waals surface area contributed by atoms with Crippen LogP contribution in [0.25, 0.3) is 0 Å². The largest absolute Gasteiger partial charge is 0.443 e. The van der Waals surface area contributed by atoms with E-state index in [-0.39, 0.29) is 29.6 Å². The van der Waals surface area contributed by atoms with Crippen molar-refractivity contribution in [2.45, 2.75) is 73.0 Å². The molecule has 2 heterocycles. The lowest BCUT2D eigenvalue weighted by molar-refractivity contribution is -0.117. The number of fused-ring (bicyclic) bond motifs is 1. The van der Waals surface area contributed by atoms with Crippen LogP contribution in [0.1, 0.15) is 60.6 Å². The van der Waals surface area contributed by atoms with Crippen molar-refractivity contribution in [2.75, 3.05) is 10.2 Å². The van der Waals surface area contributed by atoms with Gasteiger partial charge in [0.2, 0.25) is 5.91 Å². The van der Waals surface area contributed by atoms with Gasteiger partial charge in [-0.2, -0.15) is 0 Å². The molecule has 0 aromatic carbocycles. The first kappa shape index (κ1) is 20.1. The van der Waals surface area contributed by atoms with Crippen LogP contribution in [0.5, 0.6) is 0 Å². The van der Waals surface area contributed by atoms with Crippen LogP contribution in [0, 0.1) is 11.2 Å². The Morgan fingerprint density at radius 3 is 2.46 bits per heavy atom. The summed E-state index contributed by atoms with van der Waals surface area (Å²) in [6.07, 6.45) is 0.192. The summed E-state index contributed by atoms with van der Waals surface area (Å²) in [5, 5.41) is 2.53. The van der Waals surface area contributed by atoms with Gasteiger partial charge in [0.05, 0.1) is 11.4 Å². The summed E-state index contributed by atoms with van der Waals surface area (Å²) >= 11 is 0. The lowest BCUT2D eigenvalue weighted by atomic mass is 9.92. The van der Waals surface area contributed by atoms with Crippen LogP contribution in [-0.2, 0) is 16.0 Å². The second-order valence-electron chi connectivity index (χ2n) is 8.97. The summed E-state index contributed by atoms with van der Waals surface area (Å²) in [4.78, 5) is 30.2. The first-order valence-corrected chi connectivity index (χ1v) is 8.78. The SMILES string of the molecule is CC1Cc2nc(NC(=O)CC(C)(C)C)c(F)cc2N1C(=O)OC(C)(C)C. The topological polar surface area (TPSA) is 71.5 Å². The zero-order valence-electron chi connectivity index (χ0n) is 16.6. The van der Waals surface area contributed by atoms with Gasteiger partial charge >= 0.3 is 6.09 Å². The number of rotatable bonds is 2. The minimum atomic E-state index is -0.673. The van der Waals surface area contributed by atoms with E-state index in [9.17, 15) is 14.0 Å². The summed E-state index contributed by atoms with van der Waals surface area (Å²) in [6, 6.07) is 1.04. The van der Waals surface area contributed by atoms with Crippen molar-refractivity contribution < 1.29 is 18.7 Å². The number of hydrogen-bond donors (Lipinski definition) is 1. The fourth-order valence-corrected chi connectivity index (χ4v) is 2.82. The zero-order chi connectivity index (χ0) is 19.9. The highest BCUT2D eigenvalue weighted by atomic mass is 19.1. The molecule has 0 spiro atoms. The number of ether oxygens (including phenoxy) is 1. The number of hydrogen-bond acceptors (Lipinski definition) is 4. The van der Waals surface area contributed by atoms with E-state index in [1.165, 1.54) is 11.0 Å².